The number of rotatable bonds is 14. The largest absolute Gasteiger partial charge is 0.469 e. The van der Waals surface area contributed by atoms with Crippen molar-refractivity contribution in [1.82, 2.24) is 0 Å². The average Bonchev–Trinajstić information content (AvgIpc) is 2.64. The second-order valence-electron chi connectivity index (χ2n) is 6.23. The van der Waals surface area contributed by atoms with Crippen LogP contribution in [0.25, 0.3) is 0 Å². The van der Waals surface area contributed by atoms with E-state index in [2.05, 4.69) is 17.9 Å². The molecule has 0 atom stereocenters. The monoisotopic (exact) mass is 367 g/mol. The molecule has 0 spiro atoms. The zero-order valence-corrected chi connectivity index (χ0v) is 16.3. The standard InChI is InChI=1S/C20H33NO5/c1-4-9-25-11-12-26-10-8-21(7-5-6-20(23)24-3)19-14-17(2)13-18(15-19)16-22/h13-15,22H,4-12,16H2,1-3H3. The van der Waals surface area contributed by atoms with Gasteiger partial charge in [-0.2, -0.15) is 0 Å². The normalized spacial score (nSPS) is 10.8. The molecule has 0 amide bonds. The zero-order chi connectivity index (χ0) is 19.2. The molecule has 0 aliphatic carbocycles. The number of aliphatic hydroxyl groups excluding tert-OH is 1. The fraction of sp³-hybridized carbons (Fsp3) is 0.650. The van der Waals surface area contributed by atoms with Gasteiger partial charge in [-0.25, -0.2) is 0 Å². The highest BCUT2D eigenvalue weighted by atomic mass is 16.5. The van der Waals surface area contributed by atoms with E-state index in [0.717, 1.165) is 36.4 Å². The maximum Gasteiger partial charge on any atom is 0.305 e. The van der Waals surface area contributed by atoms with E-state index in [1.54, 1.807) is 0 Å². The Kier molecular flexibility index (Phi) is 11.7. The van der Waals surface area contributed by atoms with Gasteiger partial charge in [0.2, 0.25) is 0 Å². The van der Waals surface area contributed by atoms with Crippen LogP contribution in [0.5, 0.6) is 0 Å². The number of benzene rings is 1. The number of ether oxygens (including phenoxy) is 3. The third-order valence-corrected chi connectivity index (χ3v) is 3.93. The molecule has 1 rings (SSSR count). The summed E-state index contributed by atoms with van der Waals surface area (Å²) < 4.78 is 15.8. The van der Waals surface area contributed by atoms with Gasteiger partial charge in [-0.15, -0.1) is 0 Å². The Bertz CT molecular complexity index is 521. The topological polar surface area (TPSA) is 68.2 Å². The molecule has 26 heavy (non-hydrogen) atoms. The average molecular weight is 367 g/mol. The van der Waals surface area contributed by atoms with Crippen LogP contribution in [0.2, 0.25) is 0 Å². The van der Waals surface area contributed by atoms with E-state index in [4.69, 9.17) is 14.2 Å². The fourth-order valence-corrected chi connectivity index (χ4v) is 2.64. The van der Waals surface area contributed by atoms with E-state index < -0.39 is 0 Å². The van der Waals surface area contributed by atoms with Crippen LogP contribution in [0.4, 0.5) is 5.69 Å². The molecule has 1 aromatic carbocycles. The highest BCUT2D eigenvalue weighted by Crippen LogP contribution is 2.20. The molecule has 0 heterocycles. The Morgan fingerprint density at radius 3 is 2.46 bits per heavy atom. The summed E-state index contributed by atoms with van der Waals surface area (Å²) in [5.74, 6) is -0.199. The van der Waals surface area contributed by atoms with Crippen LogP contribution in [0, 0.1) is 6.92 Å². The molecule has 1 aromatic rings. The van der Waals surface area contributed by atoms with Gasteiger partial charge in [-0.05, 0) is 43.0 Å². The zero-order valence-electron chi connectivity index (χ0n) is 16.3. The number of anilines is 1. The van der Waals surface area contributed by atoms with Crippen LogP contribution in [0.3, 0.4) is 0 Å². The third-order valence-electron chi connectivity index (χ3n) is 3.93. The van der Waals surface area contributed by atoms with Crippen LogP contribution < -0.4 is 4.90 Å². The summed E-state index contributed by atoms with van der Waals surface area (Å²) in [4.78, 5) is 13.5. The van der Waals surface area contributed by atoms with Crippen molar-refractivity contribution < 1.29 is 24.1 Å². The number of nitrogens with zero attached hydrogens (tertiary/aromatic N) is 1. The minimum atomic E-state index is -0.199. The first-order valence-corrected chi connectivity index (χ1v) is 9.29. The van der Waals surface area contributed by atoms with Crippen molar-refractivity contribution in [1.29, 1.82) is 0 Å². The number of esters is 1. The third kappa shape index (κ3) is 9.17. The summed E-state index contributed by atoms with van der Waals surface area (Å²) in [5, 5.41) is 9.45. The highest BCUT2D eigenvalue weighted by molar-refractivity contribution is 5.69. The molecular weight excluding hydrogens is 334 g/mol. The van der Waals surface area contributed by atoms with Crippen LogP contribution in [0.15, 0.2) is 18.2 Å². The molecule has 0 fully saturated rings. The number of methoxy groups -OCH3 is 1. The van der Waals surface area contributed by atoms with Crippen molar-refractivity contribution in [3.8, 4) is 0 Å². The minimum absolute atomic E-state index is 0.00987. The predicted molar refractivity (Wildman–Crippen MR) is 102 cm³/mol. The van der Waals surface area contributed by atoms with Crippen molar-refractivity contribution in [3.05, 3.63) is 29.3 Å². The summed E-state index contributed by atoms with van der Waals surface area (Å²) in [5.41, 5.74) is 3.01. The van der Waals surface area contributed by atoms with E-state index in [-0.39, 0.29) is 12.6 Å². The van der Waals surface area contributed by atoms with Crippen LogP contribution in [-0.2, 0) is 25.6 Å². The highest BCUT2D eigenvalue weighted by Gasteiger charge is 2.10. The second-order valence-corrected chi connectivity index (χ2v) is 6.23. The molecule has 0 aliphatic rings. The van der Waals surface area contributed by atoms with Gasteiger partial charge in [0.15, 0.2) is 0 Å². The smallest absolute Gasteiger partial charge is 0.305 e. The van der Waals surface area contributed by atoms with Gasteiger partial charge in [0, 0.05) is 31.8 Å². The lowest BCUT2D eigenvalue weighted by atomic mass is 10.1. The van der Waals surface area contributed by atoms with Crippen LogP contribution in [0.1, 0.15) is 37.3 Å². The summed E-state index contributed by atoms with van der Waals surface area (Å²) in [6.45, 7) is 8.05. The Balaban J connectivity index is 2.58. The number of carbonyl (C=O) groups excluding carboxylic acids is 1. The molecular formula is C20H33NO5. The molecule has 0 unspecified atom stereocenters. The Morgan fingerprint density at radius 2 is 1.81 bits per heavy atom. The van der Waals surface area contributed by atoms with Gasteiger partial charge < -0.3 is 24.2 Å². The molecule has 0 radical (unpaired) electrons. The lowest BCUT2D eigenvalue weighted by Crippen LogP contribution is -2.29. The van der Waals surface area contributed by atoms with Gasteiger partial charge in [-0.1, -0.05) is 13.0 Å². The van der Waals surface area contributed by atoms with Gasteiger partial charge in [0.05, 0.1) is 33.5 Å². The molecule has 0 aromatic heterocycles. The van der Waals surface area contributed by atoms with Crippen molar-refractivity contribution in [2.45, 2.75) is 39.7 Å². The Hall–Kier alpha value is -1.63. The van der Waals surface area contributed by atoms with Crippen molar-refractivity contribution in [2.24, 2.45) is 0 Å². The van der Waals surface area contributed by atoms with Crippen molar-refractivity contribution in [3.63, 3.8) is 0 Å². The number of hydrogen-bond acceptors (Lipinski definition) is 6. The van der Waals surface area contributed by atoms with E-state index in [0.29, 0.717) is 39.2 Å². The molecule has 0 saturated carbocycles. The van der Waals surface area contributed by atoms with Gasteiger partial charge in [0.1, 0.15) is 0 Å². The fourth-order valence-electron chi connectivity index (χ4n) is 2.64. The van der Waals surface area contributed by atoms with E-state index in [1.807, 2.05) is 19.1 Å². The minimum Gasteiger partial charge on any atom is -0.469 e. The maximum absolute atomic E-state index is 11.4. The van der Waals surface area contributed by atoms with E-state index >= 15 is 0 Å². The Labute approximate surface area is 157 Å². The maximum atomic E-state index is 11.4. The second kappa shape index (κ2) is 13.6. The Morgan fingerprint density at radius 1 is 1.08 bits per heavy atom. The molecule has 1 N–H and O–H groups in total. The van der Waals surface area contributed by atoms with E-state index in [9.17, 15) is 9.90 Å². The number of carbonyl (C=O) groups is 1. The first-order chi connectivity index (χ1) is 12.6. The number of hydrogen-bond donors (Lipinski definition) is 1. The molecule has 0 saturated heterocycles. The summed E-state index contributed by atoms with van der Waals surface area (Å²) in [7, 11) is 1.41. The quantitative estimate of drug-likeness (QED) is 0.403. The molecule has 0 bridgehead atoms. The number of aliphatic hydroxyl groups is 1. The summed E-state index contributed by atoms with van der Waals surface area (Å²) in [6.07, 6.45) is 2.10. The molecule has 148 valence electrons. The summed E-state index contributed by atoms with van der Waals surface area (Å²) in [6, 6.07) is 6.04. The van der Waals surface area contributed by atoms with E-state index in [1.165, 1.54) is 7.11 Å². The van der Waals surface area contributed by atoms with Gasteiger partial charge in [0.25, 0.3) is 0 Å². The first kappa shape index (κ1) is 22.4. The first-order valence-electron chi connectivity index (χ1n) is 9.29. The predicted octanol–water partition coefficient (Wildman–Crippen LogP) is 2.69. The lowest BCUT2D eigenvalue weighted by molar-refractivity contribution is -0.140. The van der Waals surface area contributed by atoms with Gasteiger partial charge in [-0.3, -0.25) is 4.79 Å². The summed E-state index contributed by atoms with van der Waals surface area (Å²) >= 11 is 0. The lowest BCUT2D eigenvalue weighted by Gasteiger charge is -2.26. The van der Waals surface area contributed by atoms with Crippen molar-refractivity contribution >= 4 is 11.7 Å². The number of aryl methyl sites for hydroxylation is 1. The SMILES string of the molecule is CCCOCCOCCN(CCCC(=O)OC)c1cc(C)cc(CO)c1. The van der Waals surface area contributed by atoms with Crippen LogP contribution >= 0.6 is 0 Å². The molecule has 6 nitrogen and oxygen atoms in total. The molecule has 0 aliphatic heterocycles. The molecule has 6 heteroatoms. The van der Waals surface area contributed by atoms with Crippen LogP contribution in [-0.4, -0.2) is 57.7 Å². The van der Waals surface area contributed by atoms with Crippen molar-refractivity contribution in [2.75, 3.05) is 51.5 Å². The van der Waals surface area contributed by atoms with Gasteiger partial charge >= 0.3 is 5.97 Å².